The van der Waals surface area contributed by atoms with Crippen LogP contribution in [0.1, 0.15) is 36.5 Å². The lowest BCUT2D eigenvalue weighted by atomic mass is 10.2. The maximum absolute atomic E-state index is 12.3. The van der Waals surface area contributed by atoms with Crippen molar-refractivity contribution in [2.75, 3.05) is 5.75 Å². The fourth-order valence-electron chi connectivity index (χ4n) is 2.42. The van der Waals surface area contributed by atoms with Gasteiger partial charge < -0.3 is 5.32 Å². The van der Waals surface area contributed by atoms with Crippen LogP contribution in [0.3, 0.4) is 0 Å². The second kappa shape index (κ2) is 7.14. The predicted octanol–water partition coefficient (Wildman–Crippen LogP) is 4.62. The SMILES string of the molecule is CCSC1CCCC1NC(=O)c1ccc(Br)cc1Br. The second-order valence-electron chi connectivity index (χ2n) is 4.63. The van der Waals surface area contributed by atoms with Crippen LogP contribution in [-0.4, -0.2) is 23.0 Å². The van der Waals surface area contributed by atoms with Crippen LogP contribution in [0, 0.1) is 0 Å². The van der Waals surface area contributed by atoms with Gasteiger partial charge in [0.1, 0.15) is 0 Å². The van der Waals surface area contributed by atoms with Gasteiger partial charge in [-0.3, -0.25) is 4.79 Å². The Bertz CT molecular complexity index is 467. The van der Waals surface area contributed by atoms with Crippen molar-refractivity contribution in [3.8, 4) is 0 Å². The van der Waals surface area contributed by atoms with E-state index in [9.17, 15) is 4.79 Å². The molecule has 1 aromatic carbocycles. The normalized spacial score (nSPS) is 22.5. The number of thioether (sulfide) groups is 1. The van der Waals surface area contributed by atoms with Gasteiger partial charge in [-0.1, -0.05) is 29.3 Å². The molecule has 2 atom stereocenters. The summed E-state index contributed by atoms with van der Waals surface area (Å²) in [7, 11) is 0. The van der Waals surface area contributed by atoms with E-state index in [0.29, 0.717) is 16.9 Å². The van der Waals surface area contributed by atoms with Crippen molar-refractivity contribution in [1.29, 1.82) is 0 Å². The fraction of sp³-hybridized carbons (Fsp3) is 0.500. The van der Waals surface area contributed by atoms with Crippen molar-refractivity contribution >= 4 is 49.5 Å². The first-order chi connectivity index (χ1) is 9.11. The lowest BCUT2D eigenvalue weighted by Crippen LogP contribution is -2.38. The molecule has 1 aliphatic rings. The Morgan fingerprint density at radius 2 is 2.21 bits per heavy atom. The minimum absolute atomic E-state index is 0.0213. The third kappa shape index (κ3) is 3.99. The molecule has 19 heavy (non-hydrogen) atoms. The summed E-state index contributed by atoms with van der Waals surface area (Å²) in [5.74, 6) is 1.13. The Labute approximate surface area is 135 Å². The zero-order chi connectivity index (χ0) is 13.8. The van der Waals surface area contributed by atoms with Gasteiger partial charge in [-0.05, 0) is 52.7 Å². The topological polar surface area (TPSA) is 29.1 Å². The summed E-state index contributed by atoms with van der Waals surface area (Å²) in [6, 6.07) is 5.96. The minimum atomic E-state index is 0.0213. The fourth-order valence-corrected chi connectivity index (χ4v) is 4.85. The number of carbonyl (C=O) groups excluding carboxylic acids is 1. The van der Waals surface area contributed by atoms with E-state index in [4.69, 9.17) is 0 Å². The van der Waals surface area contributed by atoms with Gasteiger partial charge in [0, 0.05) is 20.2 Å². The van der Waals surface area contributed by atoms with E-state index >= 15 is 0 Å². The Kier molecular flexibility index (Phi) is 5.78. The highest BCUT2D eigenvalue weighted by molar-refractivity contribution is 9.11. The van der Waals surface area contributed by atoms with Gasteiger partial charge in [-0.2, -0.15) is 11.8 Å². The first kappa shape index (κ1) is 15.4. The van der Waals surface area contributed by atoms with Gasteiger partial charge >= 0.3 is 0 Å². The van der Waals surface area contributed by atoms with E-state index in [1.165, 1.54) is 12.8 Å². The Balaban J connectivity index is 2.04. The van der Waals surface area contributed by atoms with Gasteiger partial charge in [0.15, 0.2) is 0 Å². The van der Waals surface area contributed by atoms with E-state index in [1.807, 2.05) is 30.0 Å². The summed E-state index contributed by atoms with van der Waals surface area (Å²) in [4.78, 5) is 12.3. The van der Waals surface area contributed by atoms with Crippen molar-refractivity contribution in [3.05, 3.63) is 32.7 Å². The third-order valence-electron chi connectivity index (χ3n) is 3.33. The van der Waals surface area contributed by atoms with Crippen LogP contribution in [0.5, 0.6) is 0 Å². The Morgan fingerprint density at radius 3 is 2.89 bits per heavy atom. The average Bonchev–Trinajstić information content (AvgIpc) is 2.77. The number of hydrogen-bond donors (Lipinski definition) is 1. The number of carbonyl (C=O) groups is 1. The maximum atomic E-state index is 12.3. The molecule has 1 aromatic rings. The number of halogens is 2. The van der Waals surface area contributed by atoms with E-state index in [0.717, 1.165) is 21.1 Å². The van der Waals surface area contributed by atoms with E-state index in [-0.39, 0.29) is 5.91 Å². The molecule has 0 aromatic heterocycles. The van der Waals surface area contributed by atoms with Crippen LogP contribution >= 0.6 is 43.6 Å². The molecule has 2 nitrogen and oxygen atoms in total. The van der Waals surface area contributed by atoms with Crippen LogP contribution in [0.4, 0.5) is 0 Å². The zero-order valence-corrected chi connectivity index (χ0v) is 14.8. The summed E-state index contributed by atoms with van der Waals surface area (Å²) in [6.45, 7) is 2.17. The van der Waals surface area contributed by atoms with E-state index in [2.05, 4.69) is 44.1 Å². The monoisotopic (exact) mass is 405 g/mol. The van der Waals surface area contributed by atoms with Crippen LogP contribution in [-0.2, 0) is 0 Å². The van der Waals surface area contributed by atoms with Crippen molar-refractivity contribution in [2.24, 2.45) is 0 Å². The highest BCUT2D eigenvalue weighted by Gasteiger charge is 2.28. The summed E-state index contributed by atoms with van der Waals surface area (Å²) < 4.78 is 1.80. The summed E-state index contributed by atoms with van der Waals surface area (Å²) >= 11 is 8.80. The van der Waals surface area contributed by atoms with Crippen molar-refractivity contribution in [2.45, 2.75) is 37.5 Å². The van der Waals surface area contributed by atoms with Crippen molar-refractivity contribution < 1.29 is 4.79 Å². The smallest absolute Gasteiger partial charge is 0.252 e. The summed E-state index contributed by atoms with van der Waals surface area (Å²) in [5.41, 5.74) is 0.704. The Morgan fingerprint density at radius 1 is 1.42 bits per heavy atom. The largest absolute Gasteiger partial charge is 0.348 e. The van der Waals surface area contributed by atoms with Gasteiger partial charge in [0.2, 0.25) is 0 Å². The number of amides is 1. The number of nitrogens with one attached hydrogen (secondary N) is 1. The molecule has 1 aliphatic carbocycles. The summed E-state index contributed by atoms with van der Waals surface area (Å²) in [6.07, 6.45) is 3.52. The number of benzene rings is 1. The molecule has 1 fully saturated rings. The molecule has 1 saturated carbocycles. The van der Waals surface area contributed by atoms with Crippen LogP contribution in [0.25, 0.3) is 0 Å². The molecule has 2 rings (SSSR count). The molecule has 0 saturated heterocycles. The molecule has 0 bridgehead atoms. The molecule has 5 heteroatoms. The standard InChI is InChI=1S/C14H17Br2NOS/c1-2-19-13-5-3-4-12(13)17-14(18)10-7-6-9(15)8-11(10)16/h6-8,12-13H,2-5H2,1H3,(H,17,18). The molecular formula is C14H17Br2NOS. The predicted molar refractivity (Wildman–Crippen MR) is 88.9 cm³/mol. The van der Waals surface area contributed by atoms with Crippen LogP contribution in [0.2, 0.25) is 0 Å². The molecule has 0 aliphatic heterocycles. The molecule has 0 spiro atoms. The van der Waals surface area contributed by atoms with Crippen LogP contribution in [0.15, 0.2) is 27.1 Å². The third-order valence-corrected chi connectivity index (χ3v) is 5.80. The first-order valence-electron chi connectivity index (χ1n) is 6.49. The molecule has 104 valence electrons. The van der Waals surface area contributed by atoms with E-state index < -0.39 is 0 Å². The number of rotatable bonds is 4. The first-order valence-corrected chi connectivity index (χ1v) is 9.12. The average molecular weight is 407 g/mol. The zero-order valence-electron chi connectivity index (χ0n) is 10.8. The van der Waals surface area contributed by atoms with E-state index in [1.54, 1.807) is 0 Å². The molecule has 0 heterocycles. The molecule has 2 unspecified atom stereocenters. The van der Waals surface area contributed by atoms with Gasteiger partial charge in [0.05, 0.1) is 5.56 Å². The lowest BCUT2D eigenvalue weighted by Gasteiger charge is -2.20. The quantitative estimate of drug-likeness (QED) is 0.790. The van der Waals surface area contributed by atoms with Crippen molar-refractivity contribution in [1.82, 2.24) is 5.32 Å². The molecule has 0 radical (unpaired) electrons. The van der Waals surface area contributed by atoms with Gasteiger partial charge in [0.25, 0.3) is 5.91 Å². The second-order valence-corrected chi connectivity index (χ2v) is 7.92. The number of hydrogen-bond acceptors (Lipinski definition) is 2. The highest BCUT2D eigenvalue weighted by atomic mass is 79.9. The lowest BCUT2D eigenvalue weighted by molar-refractivity contribution is 0.0938. The van der Waals surface area contributed by atoms with Crippen molar-refractivity contribution in [3.63, 3.8) is 0 Å². The molecule has 1 N–H and O–H groups in total. The highest BCUT2D eigenvalue weighted by Crippen LogP contribution is 2.30. The summed E-state index contributed by atoms with van der Waals surface area (Å²) in [5, 5.41) is 3.76. The van der Waals surface area contributed by atoms with Gasteiger partial charge in [-0.15, -0.1) is 0 Å². The minimum Gasteiger partial charge on any atom is -0.348 e. The maximum Gasteiger partial charge on any atom is 0.252 e. The molecular weight excluding hydrogens is 390 g/mol. The Hall–Kier alpha value is -0.000000000000000111. The molecule has 1 amide bonds. The van der Waals surface area contributed by atoms with Gasteiger partial charge in [-0.25, -0.2) is 0 Å². The van der Waals surface area contributed by atoms with Crippen LogP contribution < -0.4 is 5.32 Å².